The van der Waals surface area contributed by atoms with Crippen LogP contribution in [0.15, 0.2) is 9.59 Å². The fraction of sp³-hybridized carbons (Fsp3) is 0.737. The molecule has 8 nitrogen and oxygen atoms in total. The summed E-state index contributed by atoms with van der Waals surface area (Å²) >= 11 is 0. The molecule has 1 saturated heterocycles. The Morgan fingerprint density at radius 2 is 1.74 bits per heavy atom. The van der Waals surface area contributed by atoms with Crippen LogP contribution in [0, 0.1) is 5.92 Å². The first kappa shape index (κ1) is 19.8. The number of imidazole rings is 1. The van der Waals surface area contributed by atoms with Crippen molar-refractivity contribution >= 4 is 11.2 Å². The molecule has 0 aliphatic carbocycles. The van der Waals surface area contributed by atoms with Gasteiger partial charge in [0.25, 0.3) is 5.56 Å². The van der Waals surface area contributed by atoms with Gasteiger partial charge in [-0.3, -0.25) is 18.8 Å². The van der Waals surface area contributed by atoms with Crippen LogP contribution in [0.25, 0.3) is 11.2 Å². The van der Waals surface area contributed by atoms with Gasteiger partial charge in [0.1, 0.15) is 5.82 Å². The van der Waals surface area contributed by atoms with Gasteiger partial charge in [0, 0.05) is 33.7 Å². The third kappa shape index (κ3) is 3.87. The van der Waals surface area contributed by atoms with Crippen LogP contribution in [0.4, 0.5) is 0 Å². The molecule has 1 aliphatic rings. The Labute approximate surface area is 159 Å². The molecule has 0 N–H and O–H groups in total. The van der Waals surface area contributed by atoms with Crippen LogP contribution in [0.3, 0.4) is 0 Å². The van der Waals surface area contributed by atoms with Gasteiger partial charge in [0.05, 0.1) is 18.8 Å². The van der Waals surface area contributed by atoms with Crippen molar-refractivity contribution in [3.8, 4) is 0 Å². The SMILES string of the molecule is CC(C)CCn1c(CN2C[C@@H](C)O[C@@H](C)C2)nc2c1c(=O)n(C)c(=O)n2C. The summed E-state index contributed by atoms with van der Waals surface area (Å²) in [6, 6.07) is 0. The molecule has 0 spiro atoms. The Hall–Kier alpha value is -1.93. The second-order valence-corrected chi connectivity index (χ2v) is 8.19. The standard InChI is InChI=1S/C19H31N5O3/c1-12(2)7-8-24-15(11-23-9-13(3)27-14(4)10-23)20-17-16(24)18(25)22(6)19(26)21(17)5/h12-14H,7-11H2,1-6H3/t13-,14+. The molecule has 0 unspecified atom stereocenters. The van der Waals surface area contributed by atoms with E-state index in [2.05, 4.69) is 32.6 Å². The van der Waals surface area contributed by atoms with Crippen molar-refractivity contribution in [2.75, 3.05) is 13.1 Å². The lowest BCUT2D eigenvalue weighted by Gasteiger charge is -2.35. The van der Waals surface area contributed by atoms with E-state index < -0.39 is 0 Å². The van der Waals surface area contributed by atoms with E-state index >= 15 is 0 Å². The number of rotatable bonds is 5. The van der Waals surface area contributed by atoms with E-state index in [1.54, 1.807) is 7.05 Å². The van der Waals surface area contributed by atoms with E-state index in [0.717, 1.165) is 25.3 Å². The average molecular weight is 377 g/mol. The Morgan fingerprint density at radius 1 is 1.11 bits per heavy atom. The molecule has 27 heavy (non-hydrogen) atoms. The quantitative estimate of drug-likeness (QED) is 0.780. The zero-order valence-electron chi connectivity index (χ0n) is 17.2. The van der Waals surface area contributed by atoms with Crippen molar-refractivity contribution in [2.24, 2.45) is 20.0 Å². The molecule has 1 fully saturated rings. The maximum atomic E-state index is 12.8. The van der Waals surface area contributed by atoms with E-state index in [9.17, 15) is 9.59 Å². The molecule has 0 saturated carbocycles. The number of nitrogens with zero attached hydrogens (tertiary/aromatic N) is 5. The molecule has 2 atom stereocenters. The molecule has 0 radical (unpaired) electrons. The number of hydrogen-bond acceptors (Lipinski definition) is 5. The minimum Gasteiger partial charge on any atom is -0.373 e. The number of hydrogen-bond donors (Lipinski definition) is 0. The van der Waals surface area contributed by atoms with Gasteiger partial charge in [-0.1, -0.05) is 13.8 Å². The minimum atomic E-state index is -0.346. The molecule has 1 aliphatic heterocycles. The van der Waals surface area contributed by atoms with Crippen LogP contribution < -0.4 is 11.2 Å². The fourth-order valence-electron chi connectivity index (χ4n) is 3.85. The van der Waals surface area contributed by atoms with Crippen molar-refractivity contribution in [2.45, 2.75) is 59.4 Å². The normalized spacial score (nSPS) is 21.4. The number of aryl methyl sites for hydroxylation is 2. The largest absolute Gasteiger partial charge is 0.373 e. The van der Waals surface area contributed by atoms with E-state index in [1.807, 2.05) is 4.57 Å². The monoisotopic (exact) mass is 377 g/mol. The molecule has 2 aromatic heterocycles. The summed E-state index contributed by atoms with van der Waals surface area (Å²) < 4.78 is 10.5. The van der Waals surface area contributed by atoms with Gasteiger partial charge in [-0.05, 0) is 26.2 Å². The molecular formula is C19H31N5O3. The van der Waals surface area contributed by atoms with Crippen molar-refractivity contribution < 1.29 is 4.74 Å². The predicted octanol–water partition coefficient (Wildman–Crippen LogP) is 1.09. The lowest BCUT2D eigenvalue weighted by Crippen LogP contribution is -2.45. The second-order valence-electron chi connectivity index (χ2n) is 8.19. The number of fused-ring (bicyclic) bond motifs is 1. The van der Waals surface area contributed by atoms with Crippen LogP contribution in [0.5, 0.6) is 0 Å². The summed E-state index contributed by atoms with van der Waals surface area (Å²) in [7, 11) is 3.20. The van der Waals surface area contributed by atoms with E-state index in [1.165, 1.54) is 16.2 Å². The second kappa shape index (κ2) is 7.59. The van der Waals surface area contributed by atoms with Gasteiger partial charge < -0.3 is 9.30 Å². The van der Waals surface area contributed by atoms with Gasteiger partial charge in [0.15, 0.2) is 11.2 Å². The highest BCUT2D eigenvalue weighted by Gasteiger charge is 2.25. The minimum absolute atomic E-state index is 0.166. The molecule has 3 rings (SSSR count). The van der Waals surface area contributed by atoms with E-state index in [4.69, 9.17) is 9.72 Å². The summed E-state index contributed by atoms with van der Waals surface area (Å²) in [5.74, 6) is 1.35. The topological polar surface area (TPSA) is 74.3 Å². The fourth-order valence-corrected chi connectivity index (χ4v) is 3.85. The van der Waals surface area contributed by atoms with Crippen molar-refractivity contribution in [1.82, 2.24) is 23.6 Å². The van der Waals surface area contributed by atoms with Gasteiger partial charge in [-0.2, -0.15) is 0 Å². The number of ether oxygens (including phenoxy) is 1. The lowest BCUT2D eigenvalue weighted by atomic mass is 10.1. The summed E-state index contributed by atoms with van der Waals surface area (Å²) in [6.45, 7) is 11.5. The first-order valence-corrected chi connectivity index (χ1v) is 9.72. The van der Waals surface area contributed by atoms with Crippen molar-refractivity contribution in [1.29, 1.82) is 0 Å². The zero-order valence-corrected chi connectivity index (χ0v) is 17.2. The van der Waals surface area contributed by atoms with Crippen LogP contribution in [-0.2, 0) is 31.9 Å². The molecule has 0 bridgehead atoms. The molecule has 0 amide bonds. The molecular weight excluding hydrogens is 346 g/mol. The van der Waals surface area contributed by atoms with Crippen LogP contribution in [0.1, 0.15) is 39.9 Å². The number of aromatic nitrogens is 4. The van der Waals surface area contributed by atoms with Gasteiger partial charge in [0.2, 0.25) is 0 Å². The van der Waals surface area contributed by atoms with Gasteiger partial charge in [-0.15, -0.1) is 0 Å². The van der Waals surface area contributed by atoms with E-state index in [0.29, 0.717) is 30.2 Å². The van der Waals surface area contributed by atoms with Crippen molar-refractivity contribution in [3.05, 3.63) is 26.7 Å². The maximum Gasteiger partial charge on any atom is 0.332 e. The Balaban J connectivity index is 2.09. The summed E-state index contributed by atoms with van der Waals surface area (Å²) in [6.07, 6.45) is 1.28. The maximum absolute atomic E-state index is 12.8. The molecule has 150 valence electrons. The van der Waals surface area contributed by atoms with E-state index in [-0.39, 0.29) is 23.5 Å². The highest BCUT2D eigenvalue weighted by atomic mass is 16.5. The highest BCUT2D eigenvalue weighted by molar-refractivity contribution is 5.71. The first-order valence-electron chi connectivity index (χ1n) is 9.72. The number of morpholine rings is 1. The van der Waals surface area contributed by atoms with Crippen molar-refractivity contribution in [3.63, 3.8) is 0 Å². The molecule has 0 aromatic carbocycles. The predicted molar refractivity (Wildman–Crippen MR) is 105 cm³/mol. The zero-order chi connectivity index (χ0) is 19.9. The summed E-state index contributed by atoms with van der Waals surface area (Å²) in [5.41, 5.74) is 0.362. The average Bonchev–Trinajstić information content (AvgIpc) is 2.93. The van der Waals surface area contributed by atoms with Crippen LogP contribution in [0.2, 0.25) is 0 Å². The molecule has 2 aromatic rings. The Bertz CT molecular complexity index is 929. The lowest BCUT2D eigenvalue weighted by molar-refractivity contribution is -0.0712. The summed E-state index contributed by atoms with van der Waals surface area (Å²) in [4.78, 5) is 32.2. The molecule has 3 heterocycles. The summed E-state index contributed by atoms with van der Waals surface area (Å²) in [5, 5.41) is 0. The third-order valence-electron chi connectivity index (χ3n) is 5.22. The Kier molecular flexibility index (Phi) is 5.58. The van der Waals surface area contributed by atoms with Crippen LogP contribution >= 0.6 is 0 Å². The van der Waals surface area contributed by atoms with Crippen LogP contribution in [-0.4, -0.2) is 48.9 Å². The first-order chi connectivity index (χ1) is 12.7. The van der Waals surface area contributed by atoms with Gasteiger partial charge in [-0.25, -0.2) is 9.78 Å². The van der Waals surface area contributed by atoms with Gasteiger partial charge >= 0.3 is 5.69 Å². The smallest absolute Gasteiger partial charge is 0.332 e. The Morgan fingerprint density at radius 3 is 2.33 bits per heavy atom. The third-order valence-corrected chi connectivity index (χ3v) is 5.22. The highest BCUT2D eigenvalue weighted by Crippen LogP contribution is 2.18. The molecule has 8 heteroatoms.